The SMILES string of the molecule is COCCCCCn1c(CCl)nc2ccccc21. The third kappa shape index (κ3) is 3.03. The fourth-order valence-electron chi connectivity index (χ4n) is 2.17. The van der Waals surface area contributed by atoms with Gasteiger partial charge in [0.25, 0.3) is 0 Å². The number of nitrogens with zero attached hydrogens (tertiary/aromatic N) is 2. The molecule has 0 saturated heterocycles. The Morgan fingerprint density at radius 3 is 2.83 bits per heavy atom. The van der Waals surface area contributed by atoms with E-state index in [9.17, 15) is 0 Å². The Labute approximate surface area is 113 Å². The molecule has 0 saturated carbocycles. The highest BCUT2D eigenvalue weighted by Crippen LogP contribution is 2.18. The molecule has 0 amide bonds. The number of hydrogen-bond acceptors (Lipinski definition) is 2. The molecule has 0 spiro atoms. The van der Waals surface area contributed by atoms with E-state index in [0.717, 1.165) is 37.3 Å². The largest absolute Gasteiger partial charge is 0.385 e. The number of hydrogen-bond donors (Lipinski definition) is 0. The van der Waals surface area contributed by atoms with E-state index < -0.39 is 0 Å². The summed E-state index contributed by atoms with van der Waals surface area (Å²) in [7, 11) is 1.75. The minimum Gasteiger partial charge on any atom is -0.385 e. The van der Waals surface area contributed by atoms with Crippen molar-refractivity contribution in [2.24, 2.45) is 0 Å². The van der Waals surface area contributed by atoms with Gasteiger partial charge in [-0.3, -0.25) is 0 Å². The predicted octanol–water partition coefficient (Wildman–Crippen LogP) is 3.59. The lowest BCUT2D eigenvalue weighted by atomic mass is 10.2. The fraction of sp³-hybridized carbons (Fsp3) is 0.500. The van der Waals surface area contributed by atoms with Gasteiger partial charge in [0.15, 0.2) is 0 Å². The predicted molar refractivity (Wildman–Crippen MR) is 75.0 cm³/mol. The molecular weight excluding hydrogens is 248 g/mol. The van der Waals surface area contributed by atoms with Crippen molar-refractivity contribution in [3.05, 3.63) is 30.1 Å². The monoisotopic (exact) mass is 266 g/mol. The van der Waals surface area contributed by atoms with Crippen molar-refractivity contribution < 1.29 is 4.74 Å². The van der Waals surface area contributed by atoms with Gasteiger partial charge >= 0.3 is 0 Å². The molecule has 0 aliphatic rings. The number of para-hydroxylation sites is 2. The summed E-state index contributed by atoms with van der Waals surface area (Å²) in [6.07, 6.45) is 3.41. The molecule has 0 aliphatic carbocycles. The first-order valence-corrected chi connectivity index (χ1v) is 6.89. The lowest BCUT2D eigenvalue weighted by Crippen LogP contribution is -2.03. The minimum atomic E-state index is 0.465. The molecule has 0 unspecified atom stereocenters. The number of benzene rings is 1. The van der Waals surface area contributed by atoms with E-state index in [2.05, 4.69) is 15.6 Å². The molecule has 0 fully saturated rings. The quantitative estimate of drug-likeness (QED) is 0.566. The van der Waals surface area contributed by atoms with Gasteiger partial charge < -0.3 is 9.30 Å². The van der Waals surface area contributed by atoms with Crippen molar-refractivity contribution in [1.82, 2.24) is 9.55 Å². The Balaban J connectivity index is 2.06. The zero-order valence-electron chi connectivity index (χ0n) is 10.7. The summed E-state index contributed by atoms with van der Waals surface area (Å²) in [6.45, 7) is 1.82. The van der Waals surface area contributed by atoms with Crippen LogP contribution in [0.4, 0.5) is 0 Å². The summed E-state index contributed by atoms with van der Waals surface area (Å²) in [5.41, 5.74) is 2.21. The number of ether oxygens (including phenoxy) is 1. The molecular formula is C14H19ClN2O. The van der Waals surface area contributed by atoms with Crippen LogP contribution < -0.4 is 0 Å². The number of alkyl halides is 1. The van der Waals surface area contributed by atoms with Gasteiger partial charge in [0, 0.05) is 20.3 Å². The van der Waals surface area contributed by atoms with Gasteiger partial charge in [-0.05, 0) is 31.4 Å². The van der Waals surface area contributed by atoms with E-state index in [1.54, 1.807) is 7.11 Å². The summed E-state index contributed by atoms with van der Waals surface area (Å²) < 4.78 is 7.29. The molecule has 1 aromatic heterocycles. The lowest BCUT2D eigenvalue weighted by Gasteiger charge is -2.07. The van der Waals surface area contributed by atoms with Crippen LogP contribution in [0, 0.1) is 0 Å². The lowest BCUT2D eigenvalue weighted by molar-refractivity contribution is 0.191. The number of aryl methyl sites for hydroxylation is 1. The van der Waals surface area contributed by atoms with Gasteiger partial charge in [-0.15, -0.1) is 11.6 Å². The normalized spacial score (nSPS) is 11.2. The van der Waals surface area contributed by atoms with Crippen LogP contribution in [0.5, 0.6) is 0 Å². The molecule has 3 nitrogen and oxygen atoms in total. The molecule has 0 bridgehead atoms. The molecule has 2 aromatic rings. The highest BCUT2D eigenvalue weighted by Gasteiger charge is 2.08. The third-order valence-electron chi connectivity index (χ3n) is 3.08. The van der Waals surface area contributed by atoms with E-state index >= 15 is 0 Å². The van der Waals surface area contributed by atoms with Gasteiger partial charge in [0.05, 0.1) is 16.9 Å². The Bertz CT molecular complexity index is 495. The summed E-state index contributed by atoms with van der Waals surface area (Å²) >= 11 is 5.96. The van der Waals surface area contributed by atoms with Crippen LogP contribution in [0.3, 0.4) is 0 Å². The van der Waals surface area contributed by atoms with Crippen LogP contribution in [-0.4, -0.2) is 23.3 Å². The molecule has 4 heteroatoms. The van der Waals surface area contributed by atoms with Crippen LogP contribution in [0.1, 0.15) is 25.1 Å². The van der Waals surface area contributed by atoms with Crippen LogP contribution in [-0.2, 0) is 17.2 Å². The summed E-state index contributed by atoms with van der Waals surface area (Å²) in [5, 5.41) is 0. The Morgan fingerprint density at radius 2 is 2.06 bits per heavy atom. The zero-order chi connectivity index (χ0) is 12.8. The van der Waals surface area contributed by atoms with Crippen LogP contribution in [0.25, 0.3) is 11.0 Å². The van der Waals surface area contributed by atoms with Gasteiger partial charge in [-0.2, -0.15) is 0 Å². The molecule has 0 atom stereocenters. The maximum Gasteiger partial charge on any atom is 0.124 e. The van der Waals surface area contributed by atoms with Crippen molar-refractivity contribution in [3.63, 3.8) is 0 Å². The second-order valence-corrected chi connectivity index (χ2v) is 4.62. The van der Waals surface area contributed by atoms with Crippen LogP contribution >= 0.6 is 11.6 Å². The minimum absolute atomic E-state index is 0.465. The van der Waals surface area contributed by atoms with Crippen LogP contribution in [0.15, 0.2) is 24.3 Å². The summed E-state index contributed by atoms with van der Waals surface area (Å²) in [6, 6.07) is 8.19. The molecule has 98 valence electrons. The molecule has 2 rings (SSSR count). The number of halogens is 1. The van der Waals surface area contributed by atoms with Crippen molar-refractivity contribution in [1.29, 1.82) is 0 Å². The Kier molecular flexibility index (Phi) is 5.02. The second-order valence-electron chi connectivity index (χ2n) is 4.36. The maximum absolute atomic E-state index is 5.96. The number of unbranched alkanes of at least 4 members (excludes halogenated alkanes) is 2. The summed E-state index contributed by atoms with van der Waals surface area (Å²) in [4.78, 5) is 4.55. The average Bonchev–Trinajstić information content (AvgIpc) is 2.77. The Hall–Kier alpha value is -1.06. The van der Waals surface area contributed by atoms with Crippen molar-refractivity contribution in [2.45, 2.75) is 31.7 Å². The highest BCUT2D eigenvalue weighted by molar-refractivity contribution is 6.16. The van der Waals surface area contributed by atoms with Gasteiger partial charge in [0.2, 0.25) is 0 Å². The standard InChI is InChI=1S/C14H19ClN2O/c1-18-10-6-2-5-9-17-13-8-4-3-7-12(13)16-14(17)11-15/h3-4,7-8H,2,5-6,9-11H2,1H3. The molecule has 0 N–H and O–H groups in total. The van der Waals surface area contributed by atoms with Crippen molar-refractivity contribution in [2.75, 3.05) is 13.7 Å². The first-order chi connectivity index (χ1) is 8.86. The number of imidazole rings is 1. The van der Waals surface area contributed by atoms with Crippen molar-refractivity contribution >= 4 is 22.6 Å². The Morgan fingerprint density at radius 1 is 1.22 bits per heavy atom. The van der Waals surface area contributed by atoms with Crippen molar-refractivity contribution in [3.8, 4) is 0 Å². The summed E-state index contributed by atoms with van der Waals surface area (Å²) in [5.74, 6) is 1.43. The smallest absolute Gasteiger partial charge is 0.124 e. The fourth-order valence-corrected chi connectivity index (χ4v) is 2.37. The second kappa shape index (κ2) is 6.76. The number of fused-ring (bicyclic) bond motifs is 1. The third-order valence-corrected chi connectivity index (χ3v) is 3.32. The number of rotatable bonds is 7. The van der Waals surface area contributed by atoms with E-state index in [0.29, 0.717) is 5.88 Å². The molecule has 1 aromatic carbocycles. The topological polar surface area (TPSA) is 27.1 Å². The van der Waals surface area contributed by atoms with E-state index in [4.69, 9.17) is 16.3 Å². The van der Waals surface area contributed by atoms with E-state index in [-0.39, 0.29) is 0 Å². The first kappa shape index (κ1) is 13.4. The van der Waals surface area contributed by atoms with Gasteiger partial charge in [-0.1, -0.05) is 12.1 Å². The molecule has 1 heterocycles. The van der Waals surface area contributed by atoms with Gasteiger partial charge in [-0.25, -0.2) is 4.98 Å². The van der Waals surface area contributed by atoms with E-state index in [1.165, 1.54) is 11.9 Å². The number of methoxy groups -OCH3 is 1. The molecule has 0 radical (unpaired) electrons. The van der Waals surface area contributed by atoms with E-state index in [1.807, 2.05) is 18.2 Å². The number of aromatic nitrogens is 2. The maximum atomic E-state index is 5.96. The molecule has 18 heavy (non-hydrogen) atoms. The highest BCUT2D eigenvalue weighted by atomic mass is 35.5. The zero-order valence-corrected chi connectivity index (χ0v) is 11.5. The first-order valence-electron chi connectivity index (χ1n) is 6.36. The van der Waals surface area contributed by atoms with Crippen LogP contribution in [0.2, 0.25) is 0 Å². The van der Waals surface area contributed by atoms with Gasteiger partial charge in [0.1, 0.15) is 5.82 Å². The molecule has 0 aliphatic heterocycles. The average molecular weight is 267 g/mol.